The molecule has 0 atom stereocenters. The Hall–Kier alpha value is -1.11. The van der Waals surface area contributed by atoms with Crippen LogP contribution in [0.5, 0.6) is 0 Å². The molecular weight excluding hydrogens is 220 g/mol. The number of allylic oxidation sites excluding steroid dienone is 5. The molecule has 0 rings (SSSR count). The summed E-state index contributed by atoms with van der Waals surface area (Å²) in [5, 5.41) is 0. The predicted molar refractivity (Wildman–Crippen MR) is 80.7 cm³/mol. The molecule has 0 aliphatic rings. The summed E-state index contributed by atoms with van der Waals surface area (Å²) < 4.78 is 0. The molecular formula is C17H28O. The molecule has 0 N–H and O–H groups in total. The van der Waals surface area contributed by atoms with Crippen LogP contribution in [-0.4, -0.2) is 5.78 Å². The van der Waals surface area contributed by atoms with E-state index in [1.54, 1.807) is 0 Å². The van der Waals surface area contributed by atoms with Crippen LogP contribution in [-0.2, 0) is 4.79 Å². The molecule has 0 saturated carbocycles. The minimum Gasteiger partial charge on any atom is -0.295 e. The minimum atomic E-state index is 0.158. The highest BCUT2D eigenvalue weighted by molar-refractivity contribution is 5.88. The average Bonchev–Trinajstić information content (AvgIpc) is 2.39. The summed E-state index contributed by atoms with van der Waals surface area (Å²) in [5.74, 6) is 0.158. The molecule has 1 heteroatoms. The second-order valence-corrected chi connectivity index (χ2v) is 4.62. The Morgan fingerprint density at radius 1 is 0.944 bits per heavy atom. The Labute approximate surface area is 113 Å². The zero-order chi connectivity index (χ0) is 13.5. The molecule has 0 aliphatic heterocycles. The van der Waals surface area contributed by atoms with Gasteiger partial charge in [-0.05, 0) is 38.2 Å². The van der Waals surface area contributed by atoms with Gasteiger partial charge >= 0.3 is 0 Å². The van der Waals surface area contributed by atoms with Crippen molar-refractivity contribution in [3.63, 3.8) is 0 Å². The van der Waals surface area contributed by atoms with Gasteiger partial charge in [0.25, 0.3) is 0 Å². The summed E-state index contributed by atoms with van der Waals surface area (Å²) in [5.41, 5.74) is 0. The van der Waals surface area contributed by atoms with E-state index in [4.69, 9.17) is 0 Å². The van der Waals surface area contributed by atoms with Gasteiger partial charge in [-0.15, -0.1) is 0 Å². The van der Waals surface area contributed by atoms with Crippen molar-refractivity contribution in [1.82, 2.24) is 0 Å². The lowest BCUT2D eigenvalue weighted by molar-refractivity contribution is -0.114. The van der Waals surface area contributed by atoms with Gasteiger partial charge in [0.1, 0.15) is 0 Å². The third-order valence-electron chi connectivity index (χ3n) is 2.88. The van der Waals surface area contributed by atoms with Crippen molar-refractivity contribution < 1.29 is 4.79 Å². The summed E-state index contributed by atoms with van der Waals surface area (Å²) in [6.45, 7) is 5.70. The van der Waals surface area contributed by atoms with E-state index in [1.807, 2.05) is 0 Å². The fraction of sp³-hybridized carbons (Fsp3) is 0.588. The second-order valence-electron chi connectivity index (χ2n) is 4.62. The van der Waals surface area contributed by atoms with Crippen LogP contribution >= 0.6 is 0 Å². The zero-order valence-electron chi connectivity index (χ0n) is 11.9. The third kappa shape index (κ3) is 13.0. The number of carbonyl (C=O) groups is 1. The van der Waals surface area contributed by atoms with Crippen molar-refractivity contribution in [2.24, 2.45) is 0 Å². The number of carbonyl (C=O) groups excluding carboxylic acids is 1. The van der Waals surface area contributed by atoms with E-state index in [1.165, 1.54) is 38.2 Å². The summed E-state index contributed by atoms with van der Waals surface area (Å²) >= 11 is 0. The zero-order valence-corrected chi connectivity index (χ0v) is 11.9. The molecule has 0 spiro atoms. The standard InChI is InChI=1S/C17H28O/c1-3-5-6-7-8-9-10-11-12-13-14-15-16-17(18)4-2/h4,9-12H,2-3,5-8,13-16H2,1H3/b10-9+,12-11+. The van der Waals surface area contributed by atoms with Gasteiger partial charge in [0.15, 0.2) is 5.78 Å². The SMILES string of the molecule is C=CC(=O)CCCC/C=C/C=C/CCCCCC. The van der Waals surface area contributed by atoms with Crippen LogP contribution in [0.3, 0.4) is 0 Å². The van der Waals surface area contributed by atoms with Gasteiger partial charge in [0, 0.05) is 6.42 Å². The normalized spacial score (nSPS) is 11.4. The van der Waals surface area contributed by atoms with Crippen LogP contribution < -0.4 is 0 Å². The first kappa shape index (κ1) is 16.9. The molecule has 0 aromatic carbocycles. The Morgan fingerprint density at radius 3 is 2.11 bits per heavy atom. The molecule has 0 aliphatic carbocycles. The molecule has 18 heavy (non-hydrogen) atoms. The van der Waals surface area contributed by atoms with E-state index < -0.39 is 0 Å². The predicted octanol–water partition coefficient (Wildman–Crippen LogP) is 5.38. The Balaban J connectivity index is 3.29. The topological polar surface area (TPSA) is 17.1 Å². The number of rotatable bonds is 12. The van der Waals surface area contributed by atoms with E-state index in [0.29, 0.717) is 6.42 Å². The van der Waals surface area contributed by atoms with E-state index in [2.05, 4.69) is 37.8 Å². The van der Waals surface area contributed by atoms with Gasteiger partial charge in [0.2, 0.25) is 0 Å². The van der Waals surface area contributed by atoms with Gasteiger partial charge in [0.05, 0.1) is 0 Å². The van der Waals surface area contributed by atoms with Crippen LogP contribution in [0, 0.1) is 0 Å². The van der Waals surface area contributed by atoms with Crippen LogP contribution in [0.15, 0.2) is 37.0 Å². The summed E-state index contributed by atoms with van der Waals surface area (Å²) in [7, 11) is 0. The Kier molecular flexibility index (Phi) is 13.1. The first-order valence-electron chi connectivity index (χ1n) is 7.28. The molecule has 0 bridgehead atoms. The molecule has 0 aromatic rings. The monoisotopic (exact) mass is 248 g/mol. The Bertz CT molecular complexity index is 261. The molecule has 0 fully saturated rings. The van der Waals surface area contributed by atoms with Crippen molar-refractivity contribution in [1.29, 1.82) is 0 Å². The van der Waals surface area contributed by atoms with E-state index in [9.17, 15) is 4.79 Å². The van der Waals surface area contributed by atoms with E-state index >= 15 is 0 Å². The summed E-state index contributed by atoms with van der Waals surface area (Å²) in [6, 6.07) is 0. The highest BCUT2D eigenvalue weighted by atomic mass is 16.1. The van der Waals surface area contributed by atoms with E-state index in [0.717, 1.165) is 19.3 Å². The third-order valence-corrected chi connectivity index (χ3v) is 2.88. The summed E-state index contributed by atoms with van der Waals surface area (Å²) in [4.78, 5) is 10.9. The molecule has 1 nitrogen and oxygen atoms in total. The summed E-state index contributed by atoms with van der Waals surface area (Å²) in [6.07, 6.45) is 20.4. The molecule has 0 unspecified atom stereocenters. The average molecular weight is 248 g/mol. The fourth-order valence-electron chi connectivity index (χ4n) is 1.70. The molecule has 0 aromatic heterocycles. The lowest BCUT2D eigenvalue weighted by Gasteiger charge is -1.94. The number of hydrogen-bond acceptors (Lipinski definition) is 1. The highest BCUT2D eigenvalue weighted by Crippen LogP contribution is 2.04. The highest BCUT2D eigenvalue weighted by Gasteiger charge is 1.93. The first-order chi connectivity index (χ1) is 8.81. The first-order valence-corrected chi connectivity index (χ1v) is 7.28. The lowest BCUT2D eigenvalue weighted by Crippen LogP contribution is -1.90. The van der Waals surface area contributed by atoms with E-state index in [-0.39, 0.29) is 5.78 Å². The fourth-order valence-corrected chi connectivity index (χ4v) is 1.70. The van der Waals surface area contributed by atoms with Crippen molar-refractivity contribution in [3.05, 3.63) is 37.0 Å². The molecule has 0 saturated heterocycles. The van der Waals surface area contributed by atoms with Gasteiger partial charge in [-0.3, -0.25) is 4.79 Å². The van der Waals surface area contributed by atoms with Crippen LogP contribution in [0.4, 0.5) is 0 Å². The van der Waals surface area contributed by atoms with Crippen molar-refractivity contribution in [3.8, 4) is 0 Å². The van der Waals surface area contributed by atoms with Crippen molar-refractivity contribution in [2.75, 3.05) is 0 Å². The molecule has 0 amide bonds. The van der Waals surface area contributed by atoms with Crippen molar-refractivity contribution >= 4 is 5.78 Å². The molecule has 0 radical (unpaired) electrons. The molecule has 0 heterocycles. The van der Waals surface area contributed by atoms with Gasteiger partial charge in [-0.1, -0.05) is 57.1 Å². The van der Waals surface area contributed by atoms with Crippen LogP contribution in [0.1, 0.15) is 64.7 Å². The largest absolute Gasteiger partial charge is 0.295 e. The maximum Gasteiger partial charge on any atom is 0.155 e. The lowest BCUT2D eigenvalue weighted by atomic mass is 10.1. The minimum absolute atomic E-state index is 0.158. The van der Waals surface area contributed by atoms with Crippen molar-refractivity contribution in [2.45, 2.75) is 64.7 Å². The molecule has 102 valence electrons. The van der Waals surface area contributed by atoms with Gasteiger partial charge in [-0.25, -0.2) is 0 Å². The van der Waals surface area contributed by atoms with Crippen LogP contribution in [0.2, 0.25) is 0 Å². The number of unbranched alkanes of at least 4 members (excludes halogenated alkanes) is 6. The van der Waals surface area contributed by atoms with Gasteiger partial charge < -0.3 is 0 Å². The number of ketones is 1. The maximum atomic E-state index is 10.9. The van der Waals surface area contributed by atoms with Crippen LogP contribution in [0.25, 0.3) is 0 Å². The second kappa shape index (κ2) is 14.0. The maximum absolute atomic E-state index is 10.9. The quantitative estimate of drug-likeness (QED) is 0.257. The number of hydrogen-bond donors (Lipinski definition) is 0. The Morgan fingerprint density at radius 2 is 1.56 bits per heavy atom. The van der Waals surface area contributed by atoms with Gasteiger partial charge in [-0.2, -0.15) is 0 Å². The smallest absolute Gasteiger partial charge is 0.155 e.